The van der Waals surface area contributed by atoms with Crippen molar-refractivity contribution in [2.24, 2.45) is 0 Å². The summed E-state index contributed by atoms with van der Waals surface area (Å²) < 4.78 is 38.3. The molecule has 4 nitrogen and oxygen atoms in total. The zero-order valence-corrected chi connectivity index (χ0v) is 16.5. The van der Waals surface area contributed by atoms with Gasteiger partial charge in [-0.3, -0.25) is 4.79 Å². The Balaban J connectivity index is 2.41. The SMILES string of the molecule is COCCOc1ccc(-c2ccc(I)c(=O)n2CC(F)F)c(Br)c1. The van der Waals surface area contributed by atoms with Crippen LogP contribution in [0.3, 0.4) is 0 Å². The van der Waals surface area contributed by atoms with Crippen molar-refractivity contribution < 1.29 is 18.3 Å². The van der Waals surface area contributed by atoms with Gasteiger partial charge in [0.15, 0.2) is 0 Å². The fraction of sp³-hybridized carbons (Fsp3) is 0.312. The molecule has 0 spiro atoms. The minimum Gasteiger partial charge on any atom is -0.491 e. The molecular formula is C16H15BrF2INO3. The van der Waals surface area contributed by atoms with Gasteiger partial charge >= 0.3 is 0 Å². The summed E-state index contributed by atoms with van der Waals surface area (Å²) in [6, 6.07) is 8.48. The van der Waals surface area contributed by atoms with Gasteiger partial charge in [-0.2, -0.15) is 0 Å². The van der Waals surface area contributed by atoms with Crippen LogP contribution < -0.4 is 10.3 Å². The number of nitrogens with zero attached hydrogens (tertiary/aromatic N) is 1. The molecule has 1 heterocycles. The number of rotatable bonds is 7. The van der Waals surface area contributed by atoms with Gasteiger partial charge in [0.1, 0.15) is 12.4 Å². The van der Waals surface area contributed by atoms with Gasteiger partial charge in [-0.25, -0.2) is 8.78 Å². The lowest BCUT2D eigenvalue weighted by Gasteiger charge is -2.15. The van der Waals surface area contributed by atoms with Crippen LogP contribution in [-0.2, 0) is 11.3 Å². The van der Waals surface area contributed by atoms with E-state index in [1.54, 1.807) is 37.4 Å². The van der Waals surface area contributed by atoms with Gasteiger partial charge in [0.2, 0.25) is 0 Å². The molecule has 2 aromatic rings. The van der Waals surface area contributed by atoms with Crippen molar-refractivity contribution in [1.29, 1.82) is 0 Å². The first kappa shape index (κ1) is 19.3. The van der Waals surface area contributed by atoms with E-state index in [2.05, 4.69) is 15.9 Å². The molecule has 0 amide bonds. The van der Waals surface area contributed by atoms with Crippen molar-refractivity contribution in [1.82, 2.24) is 4.57 Å². The van der Waals surface area contributed by atoms with Crippen LogP contribution in [-0.4, -0.2) is 31.3 Å². The number of alkyl halides is 2. The molecule has 1 aromatic carbocycles. The average molecular weight is 514 g/mol. The maximum atomic E-state index is 12.9. The van der Waals surface area contributed by atoms with E-state index < -0.39 is 18.5 Å². The third-order valence-corrected chi connectivity index (χ3v) is 4.70. The maximum Gasteiger partial charge on any atom is 0.264 e. The zero-order chi connectivity index (χ0) is 17.7. The summed E-state index contributed by atoms with van der Waals surface area (Å²) in [5, 5.41) is 0. The summed E-state index contributed by atoms with van der Waals surface area (Å²) >= 11 is 5.26. The Labute approximate surface area is 160 Å². The van der Waals surface area contributed by atoms with Crippen LogP contribution in [0, 0.1) is 3.57 Å². The molecule has 0 radical (unpaired) electrons. The van der Waals surface area contributed by atoms with Crippen molar-refractivity contribution in [2.45, 2.75) is 13.0 Å². The second kappa shape index (κ2) is 8.91. The van der Waals surface area contributed by atoms with Crippen LogP contribution in [0.2, 0.25) is 0 Å². The zero-order valence-electron chi connectivity index (χ0n) is 12.8. The first-order valence-electron chi connectivity index (χ1n) is 7.03. The number of halogens is 4. The molecule has 0 unspecified atom stereocenters. The maximum absolute atomic E-state index is 12.9. The highest BCUT2D eigenvalue weighted by Crippen LogP contribution is 2.31. The summed E-state index contributed by atoms with van der Waals surface area (Å²) in [5.41, 5.74) is 0.639. The summed E-state index contributed by atoms with van der Waals surface area (Å²) in [4.78, 5) is 12.2. The van der Waals surface area contributed by atoms with Gasteiger partial charge in [0.05, 0.1) is 22.4 Å². The molecule has 1 aromatic heterocycles. The Bertz CT molecular complexity index is 767. The highest BCUT2D eigenvalue weighted by atomic mass is 127. The van der Waals surface area contributed by atoms with E-state index in [4.69, 9.17) is 9.47 Å². The van der Waals surface area contributed by atoms with E-state index in [0.717, 1.165) is 4.57 Å². The van der Waals surface area contributed by atoms with Crippen LogP contribution in [0.25, 0.3) is 11.3 Å². The van der Waals surface area contributed by atoms with Crippen molar-refractivity contribution in [2.75, 3.05) is 20.3 Å². The van der Waals surface area contributed by atoms with Crippen LogP contribution in [0.1, 0.15) is 0 Å². The van der Waals surface area contributed by atoms with Crippen molar-refractivity contribution in [3.05, 3.63) is 48.7 Å². The molecule has 2 rings (SSSR count). The summed E-state index contributed by atoms with van der Waals surface area (Å²) in [6.45, 7) is 0.218. The van der Waals surface area contributed by atoms with E-state index in [1.165, 1.54) is 0 Å². The fourth-order valence-electron chi connectivity index (χ4n) is 2.14. The van der Waals surface area contributed by atoms with E-state index in [-0.39, 0.29) is 0 Å². The van der Waals surface area contributed by atoms with Crippen LogP contribution >= 0.6 is 38.5 Å². The number of ether oxygens (including phenoxy) is 2. The molecule has 0 fully saturated rings. The molecule has 0 saturated carbocycles. The summed E-state index contributed by atoms with van der Waals surface area (Å²) in [6.07, 6.45) is -2.62. The summed E-state index contributed by atoms with van der Waals surface area (Å²) in [5.74, 6) is 0.621. The quantitative estimate of drug-likeness (QED) is 0.412. The highest BCUT2D eigenvalue weighted by molar-refractivity contribution is 14.1. The molecule has 8 heteroatoms. The smallest absolute Gasteiger partial charge is 0.264 e. The van der Waals surface area contributed by atoms with E-state index >= 15 is 0 Å². The van der Waals surface area contributed by atoms with E-state index in [9.17, 15) is 13.6 Å². The van der Waals surface area contributed by atoms with Crippen molar-refractivity contribution in [3.8, 4) is 17.0 Å². The first-order valence-corrected chi connectivity index (χ1v) is 8.90. The van der Waals surface area contributed by atoms with Gasteiger partial charge in [0, 0.05) is 17.1 Å². The van der Waals surface area contributed by atoms with Gasteiger partial charge in [-0.15, -0.1) is 0 Å². The van der Waals surface area contributed by atoms with Gasteiger partial charge in [-0.05, 0) is 68.9 Å². The molecule has 0 N–H and O–H groups in total. The van der Waals surface area contributed by atoms with Gasteiger partial charge in [-0.1, -0.05) is 0 Å². The third-order valence-electron chi connectivity index (χ3n) is 3.22. The second-order valence-corrected chi connectivity index (χ2v) is 6.87. The molecule has 0 saturated heterocycles. The van der Waals surface area contributed by atoms with E-state index in [1.807, 2.05) is 22.6 Å². The number of aromatic nitrogens is 1. The molecule has 0 aliphatic rings. The van der Waals surface area contributed by atoms with Crippen molar-refractivity contribution >= 4 is 38.5 Å². The topological polar surface area (TPSA) is 40.5 Å². The Kier molecular flexibility index (Phi) is 7.17. The van der Waals surface area contributed by atoms with E-state index in [0.29, 0.717) is 38.3 Å². The lowest BCUT2D eigenvalue weighted by molar-refractivity contribution is 0.125. The largest absolute Gasteiger partial charge is 0.491 e. The Morgan fingerprint density at radius 1 is 1.25 bits per heavy atom. The molecule has 0 bridgehead atoms. The molecule has 24 heavy (non-hydrogen) atoms. The molecule has 0 atom stereocenters. The third kappa shape index (κ3) is 4.76. The Morgan fingerprint density at radius 3 is 2.62 bits per heavy atom. The predicted octanol–water partition coefficient (Wildman–Crippen LogP) is 4.17. The van der Waals surface area contributed by atoms with Crippen LogP contribution in [0.5, 0.6) is 5.75 Å². The predicted molar refractivity (Wildman–Crippen MR) is 99.9 cm³/mol. The monoisotopic (exact) mass is 513 g/mol. The van der Waals surface area contributed by atoms with Gasteiger partial charge < -0.3 is 14.0 Å². The lowest BCUT2D eigenvalue weighted by Crippen LogP contribution is -2.26. The van der Waals surface area contributed by atoms with Crippen molar-refractivity contribution in [3.63, 3.8) is 0 Å². The lowest BCUT2D eigenvalue weighted by atomic mass is 10.1. The summed E-state index contributed by atoms with van der Waals surface area (Å²) in [7, 11) is 1.58. The molecule has 0 aliphatic carbocycles. The number of hydrogen-bond donors (Lipinski definition) is 0. The number of pyridine rings is 1. The van der Waals surface area contributed by atoms with Crippen LogP contribution in [0.15, 0.2) is 39.6 Å². The minimum absolute atomic E-state index is 0.396. The Morgan fingerprint density at radius 2 is 2.00 bits per heavy atom. The number of benzene rings is 1. The van der Waals surface area contributed by atoms with Crippen LogP contribution in [0.4, 0.5) is 8.78 Å². The fourth-order valence-corrected chi connectivity index (χ4v) is 3.17. The molecule has 130 valence electrons. The first-order chi connectivity index (χ1) is 11.4. The standard InChI is InChI=1S/C16H15BrF2INO3/c1-23-6-7-24-10-2-3-11(12(17)8-10)14-5-4-13(20)16(22)21(14)9-15(18)19/h2-5,8,15H,6-7,9H2,1H3. The average Bonchev–Trinajstić information content (AvgIpc) is 2.53. The Hall–Kier alpha value is -1.00. The molecule has 0 aliphatic heterocycles. The molecular weight excluding hydrogens is 499 g/mol. The number of hydrogen-bond acceptors (Lipinski definition) is 3. The highest BCUT2D eigenvalue weighted by Gasteiger charge is 2.15. The normalized spacial score (nSPS) is 11.1. The number of methoxy groups -OCH3 is 1. The minimum atomic E-state index is -2.62. The second-order valence-electron chi connectivity index (χ2n) is 4.86. The van der Waals surface area contributed by atoms with Gasteiger partial charge in [0.25, 0.3) is 12.0 Å².